The number of methoxy groups -OCH3 is 1. The van der Waals surface area contributed by atoms with Gasteiger partial charge in [0.15, 0.2) is 0 Å². The molecule has 0 saturated carbocycles. The Morgan fingerprint density at radius 2 is 1.82 bits per heavy atom. The van der Waals surface area contributed by atoms with E-state index in [1.165, 1.54) is 6.42 Å². The highest BCUT2D eigenvalue weighted by atomic mass is 16.5. The minimum atomic E-state index is 0.496. The third kappa shape index (κ3) is 6.39. The molecule has 0 bridgehead atoms. The highest BCUT2D eigenvalue weighted by Crippen LogP contribution is 2.11. The Hall–Kier alpha value is -0.120. The molecule has 104 valence electrons. The van der Waals surface area contributed by atoms with Crippen molar-refractivity contribution in [1.29, 1.82) is 0 Å². The highest BCUT2D eigenvalue weighted by molar-refractivity contribution is 4.78. The highest BCUT2D eigenvalue weighted by Gasteiger charge is 2.20. The van der Waals surface area contributed by atoms with Crippen molar-refractivity contribution in [3.8, 4) is 0 Å². The number of hydrogen-bond acceptors (Lipinski definition) is 3. The monoisotopic (exact) mass is 244 g/mol. The maximum atomic E-state index is 5.25. The fourth-order valence-corrected chi connectivity index (χ4v) is 2.21. The van der Waals surface area contributed by atoms with E-state index in [0.29, 0.717) is 12.1 Å². The number of nitrogens with one attached hydrogen (secondary N) is 1. The van der Waals surface area contributed by atoms with Crippen LogP contribution in [0.5, 0.6) is 0 Å². The molecule has 0 fully saturated rings. The van der Waals surface area contributed by atoms with Gasteiger partial charge in [0.1, 0.15) is 0 Å². The summed E-state index contributed by atoms with van der Waals surface area (Å²) >= 11 is 0. The predicted octanol–water partition coefficient (Wildman–Crippen LogP) is 2.37. The van der Waals surface area contributed by atoms with Crippen LogP contribution < -0.4 is 5.32 Å². The molecule has 3 unspecified atom stereocenters. The summed E-state index contributed by atoms with van der Waals surface area (Å²) in [4.78, 5) is 2.50. The van der Waals surface area contributed by atoms with Gasteiger partial charge in [-0.15, -0.1) is 0 Å². The molecule has 3 heteroatoms. The van der Waals surface area contributed by atoms with Gasteiger partial charge in [0.05, 0.1) is 6.61 Å². The normalized spacial score (nSPS) is 17.1. The van der Waals surface area contributed by atoms with Crippen LogP contribution in [0.4, 0.5) is 0 Å². The topological polar surface area (TPSA) is 24.5 Å². The van der Waals surface area contributed by atoms with E-state index in [2.05, 4.69) is 44.8 Å². The van der Waals surface area contributed by atoms with Gasteiger partial charge < -0.3 is 10.1 Å². The number of ether oxygens (including phenoxy) is 1. The van der Waals surface area contributed by atoms with Crippen LogP contribution in [0.15, 0.2) is 0 Å². The average Bonchev–Trinajstić information content (AvgIpc) is 2.33. The van der Waals surface area contributed by atoms with Crippen LogP contribution in [0.25, 0.3) is 0 Å². The molecule has 0 spiro atoms. The van der Waals surface area contributed by atoms with Gasteiger partial charge in [-0.25, -0.2) is 0 Å². The van der Waals surface area contributed by atoms with Crippen molar-refractivity contribution < 1.29 is 4.74 Å². The molecule has 0 aliphatic rings. The molecular weight excluding hydrogens is 212 g/mol. The van der Waals surface area contributed by atoms with Gasteiger partial charge in [-0.2, -0.15) is 0 Å². The van der Waals surface area contributed by atoms with Gasteiger partial charge in [0, 0.05) is 25.7 Å². The van der Waals surface area contributed by atoms with Gasteiger partial charge in [-0.05, 0) is 25.9 Å². The van der Waals surface area contributed by atoms with Gasteiger partial charge in [-0.1, -0.05) is 34.1 Å². The molecule has 1 N–H and O–H groups in total. The summed E-state index contributed by atoms with van der Waals surface area (Å²) < 4.78 is 5.25. The van der Waals surface area contributed by atoms with Gasteiger partial charge >= 0.3 is 0 Å². The molecule has 3 atom stereocenters. The molecule has 0 saturated heterocycles. The first-order valence-electron chi connectivity index (χ1n) is 7.06. The van der Waals surface area contributed by atoms with E-state index in [1.807, 2.05) is 0 Å². The van der Waals surface area contributed by atoms with Crippen LogP contribution in [-0.4, -0.2) is 50.3 Å². The number of rotatable bonds is 10. The van der Waals surface area contributed by atoms with E-state index in [-0.39, 0.29) is 0 Å². The minimum absolute atomic E-state index is 0.496. The molecule has 0 aromatic rings. The first-order valence-corrected chi connectivity index (χ1v) is 7.06. The number of hydrogen-bond donors (Lipinski definition) is 1. The average molecular weight is 244 g/mol. The molecule has 0 heterocycles. The third-order valence-electron chi connectivity index (χ3n) is 3.67. The van der Waals surface area contributed by atoms with Crippen LogP contribution in [0.1, 0.15) is 41.0 Å². The SMILES string of the molecule is CCNC(CN(CC)C(C)COC)C(C)CC. The summed E-state index contributed by atoms with van der Waals surface area (Å²) in [6, 6.07) is 1.08. The van der Waals surface area contributed by atoms with Crippen LogP contribution in [-0.2, 0) is 4.74 Å². The lowest BCUT2D eigenvalue weighted by Gasteiger charge is -2.34. The second kappa shape index (κ2) is 9.86. The van der Waals surface area contributed by atoms with Gasteiger partial charge in [-0.3, -0.25) is 4.90 Å². The zero-order chi connectivity index (χ0) is 13.3. The lowest BCUT2D eigenvalue weighted by Crippen LogP contribution is -2.48. The molecule has 0 rings (SSSR count). The smallest absolute Gasteiger partial charge is 0.0615 e. The first kappa shape index (κ1) is 16.9. The molecular formula is C14H32N2O. The molecule has 0 aliphatic heterocycles. The van der Waals surface area contributed by atoms with Crippen LogP contribution in [0.2, 0.25) is 0 Å². The molecule has 17 heavy (non-hydrogen) atoms. The Bertz CT molecular complexity index is 176. The lowest BCUT2D eigenvalue weighted by molar-refractivity contribution is 0.0900. The Morgan fingerprint density at radius 3 is 2.24 bits per heavy atom. The second-order valence-electron chi connectivity index (χ2n) is 4.94. The largest absolute Gasteiger partial charge is 0.383 e. The van der Waals surface area contributed by atoms with Crippen molar-refractivity contribution in [3.05, 3.63) is 0 Å². The molecule has 0 aliphatic carbocycles. The van der Waals surface area contributed by atoms with Crippen LogP contribution >= 0.6 is 0 Å². The Kier molecular flexibility index (Phi) is 9.79. The van der Waals surface area contributed by atoms with Crippen molar-refractivity contribution in [2.45, 2.75) is 53.1 Å². The Balaban J connectivity index is 4.36. The van der Waals surface area contributed by atoms with Crippen molar-refractivity contribution in [3.63, 3.8) is 0 Å². The zero-order valence-corrected chi connectivity index (χ0v) is 12.6. The maximum absolute atomic E-state index is 5.25. The van der Waals surface area contributed by atoms with Crippen LogP contribution in [0.3, 0.4) is 0 Å². The first-order chi connectivity index (χ1) is 8.10. The van der Waals surface area contributed by atoms with Crippen molar-refractivity contribution in [2.24, 2.45) is 5.92 Å². The summed E-state index contributed by atoms with van der Waals surface area (Å²) in [6.07, 6.45) is 1.23. The van der Waals surface area contributed by atoms with E-state index in [0.717, 1.165) is 32.2 Å². The molecule has 3 nitrogen and oxygen atoms in total. The molecule has 0 radical (unpaired) electrons. The molecule has 0 aromatic heterocycles. The molecule has 0 amide bonds. The second-order valence-corrected chi connectivity index (χ2v) is 4.94. The summed E-state index contributed by atoms with van der Waals surface area (Å²) in [5, 5.41) is 3.61. The van der Waals surface area contributed by atoms with Gasteiger partial charge in [0.2, 0.25) is 0 Å². The Morgan fingerprint density at radius 1 is 1.18 bits per heavy atom. The fourth-order valence-electron chi connectivity index (χ4n) is 2.21. The van der Waals surface area contributed by atoms with Crippen molar-refractivity contribution in [2.75, 3.05) is 33.4 Å². The van der Waals surface area contributed by atoms with Crippen molar-refractivity contribution in [1.82, 2.24) is 10.2 Å². The Labute approximate surface area is 108 Å². The summed E-state index contributed by atoms with van der Waals surface area (Å²) in [5.74, 6) is 0.721. The van der Waals surface area contributed by atoms with E-state index >= 15 is 0 Å². The van der Waals surface area contributed by atoms with Crippen LogP contribution in [0, 0.1) is 5.92 Å². The maximum Gasteiger partial charge on any atom is 0.0615 e. The standard InChI is InChI=1S/C14H32N2O/c1-7-12(4)14(15-8-2)10-16(9-3)13(5)11-17-6/h12-15H,7-11H2,1-6H3. The van der Waals surface area contributed by atoms with E-state index in [1.54, 1.807) is 7.11 Å². The fraction of sp³-hybridized carbons (Fsp3) is 1.00. The lowest BCUT2D eigenvalue weighted by atomic mass is 9.98. The predicted molar refractivity (Wildman–Crippen MR) is 75.5 cm³/mol. The minimum Gasteiger partial charge on any atom is -0.383 e. The van der Waals surface area contributed by atoms with E-state index in [9.17, 15) is 0 Å². The van der Waals surface area contributed by atoms with Crippen molar-refractivity contribution >= 4 is 0 Å². The summed E-state index contributed by atoms with van der Waals surface area (Å²) in [7, 11) is 1.78. The number of nitrogens with zero attached hydrogens (tertiary/aromatic N) is 1. The van der Waals surface area contributed by atoms with E-state index < -0.39 is 0 Å². The van der Waals surface area contributed by atoms with Gasteiger partial charge in [0.25, 0.3) is 0 Å². The summed E-state index contributed by atoms with van der Waals surface area (Å²) in [5.41, 5.74) is 0. The number of likely N-dealkylation sites (N-methyl/N-ethyl adjacent to an activating group) is 2. The molecule has 0 aromatic carbocycles. The zero-order valence-electron chi connectivity index (χ0n) is 12.6. The van der Waals surface area contributed by atoms with E-state index in [4.69, 9.17) is 4.74 Å². The quantitative estimate of drug-likeness (QED) is 0.638. The third-order valence-corrected chi connectivity index (χ3v) is 3.67. The summed E-state index contributed by atoms with van der Waals surface area (Å²) in [6.45, 7) is 15.3.